The molecule has 1 saturated heterocycles. The first-order chi connectivity index (χ1) is 14.5. The normalized spacial score (nSPS) is 16.0. The van der Waals surface area contributed by atoms with Crippen molar-refractivity contribution >= 4 is 37.1 Å². The van der Waals surface area contributed by atoms with E-state index in [9.17, 15) is 31.7 Å². The molecule has 0 spiro atoms. The zero-order valence-electron chi connectivity index (χ0n) is 16.6. The quantitative estimate of drug-likeness (QED) is 0.506. The summed E-state index contributed by atoms with van der Waals surface area (Å²) in [6.45, 7) is 0.0981. The molecule has 0 aromatic heterocycles. The van der Waals surface area contributed by atoms with Crippen LogP contribution in [0.25, 0.3) is 0 Å². The van der Waals surface area contributed by atoms with Gasteiger partial charge in [0.25, 0.3) is 5.69 Å². The van der Waals surface area contributed by atoms with Gasteiger partial charge in [0.1, 0.15) is 4.90 Å². The van der Waals surface area contributed by atoms with Crippen molar-refractivity contribution in [1.29, 1.82) is 0 Å². The molecule has 166 valence electrons. The second-order valence-corrected chi connectivity index (χ2v) is 11.1. The number of sulfone groups is 1. The SMILES string of the molecule is CS(=O)(=O)c1ccccc1S(=O)(=O)N1CCC(C(=O)Nc2cccc([N+](=O)[O-])c2)CC1. The van der Waals surface area contributed by atoms with E-state index in [-0.39, 0.29) is 53.0 Å². The lowest BCUT2D eigenvalue weighted by molar-refractivity contribution is -0.384. The second-order valence-electron chi connectivity index (χ2n) is 7.19. The number of nitrogens with zero attached hydrogens (tertiary/aromatic N) is 2. The molecule has 1 amide bonds. The first-order valence-corrected chi connectivity index (χ1v) is 12.7. The first kappa shape index (κ1) is 22.8. The minimum Gasteiger partial charge on any atom is -0.326 e. The van der Waals surface area contributed by atoms with Gasteiger partial charge in [-0.25, -0.2) is 16.8 Å². The van der Waals surface area contributed by atoms with Gasteiger partial charge < -0.3 is 5.32 Å². The van der Waals surface area contributed by atoms with Crippen LogP contribution in [0.1, 0.15) is 12.8 Å². The van der Waals surface area contributed by atoms with Crippen molar-refractivity contribution < 1.29 is 26.6 Å². The summed E-state index contributed by atoms with van der Waals surface area (Å²) in [7, 11) is -7.79. The number of nitro benzene ring substituents is 1. The van der Waals surface area contributed by atoms with E-state index in [1.54, 1.807) is 0 Å². The molecule has 0 aliphatic carbocycles. The van der Waals surface area contributed by atoms with Gasteiger partial charge in [0.15, 0.2) is 9.84 Å². The summed E-state index contributed by atoms with van der Waals surface area (Å²) in [5.74, 6) is -0.829. The number of nitrogens with one attached hydrogen (secondary N) is 1. The number of benzene rings is 2. The summed E-state index contributed by atoms with van der Waals surface area (Å²) in [4.78, 5) is 22.3. The number of hydrogen-bond acceptors (Lipinski definition) is 7. The monoisotopic (exact) mass is 467 g/mol. The molecule has 0 bridgehead atoms. The Morgan fingerprint density at radius 2 is 1.65 bits per heavy atom. The fourth-order valence-corrected chi connectivity index (χ4v) is 6.48. The molecule has 1 N–H and O–H groups in total. The predicted molar refractivity (Wildman–Crippen MR) is 113 cm³/mol. The van der Waals surface area contributed by atoms with Crippen molar-refractivity contribution in [3.05, 3.63) is 58.6 Å². The van der Waals surface area contributed by atoms with Crippen LogP contribution >= 0.6 is 0 Å². The Bertz CT molecular complexity index is 1220. The van der Waals surface area contributed by atoms with Crippen LogP contribution in [0.2, 0.25) is 0 Å². The average Bonchev–Trinajstić information content (AvgIpc) is 2.73. The minimum atomic E-state index is -4.05. The third kappa shape index (κ3) is 5.09. The number of piperidine rings is 1. The lowest BCUT2D eigenvalue weighted by Gasteiger charge is -2.31. The summed E-state index contributed by atoms with van der Waals surface area (Å²) >= 11 is 0. The maximum atomic E-state index is 13.0. The summed E-state index contributed by atoms with van der Waals surface area (Å²) < 4.78 is 51.2. The molecule has 0 unspecified atom stereocenters. The fraction of sp³-hybridized carbons (Fsp3) is 0.316. The number of sulfonamides is 1. The van der Waals surface area contributed by atoms with Crippen molar-refractivity contribution in [3.8, 4) is 0 Å². The van der Waals surface area contributed by atoms with Gasteiger partial charge in [-0.05, 0) is 31.0 Å². The van der Waals surface area contributed by atoms with E-state index in [1.165, 1.54) is 52.8 Å². The molecule has 1 aliphatic heterocycles. The Labute approximate surface area is 180 Å². The molecule has 0 saturated carbocycles. The number of non-ortho nitro benzene ring substituents is 1. The molecule has 0 radical (unpaired) electrons. The minimum absolute atomic E-state index is 0.0491. The molecule has 10 nitrogen and oxygen atoms in total. The summed E-state index contributed by atoms with van der Waals surface area (Å²) in [5.41, 5.74) is 0.139. The van der Waals surface area contributed by atoms with Crippen LogP contribution in [-0.2, 0) is 24.7 Å². The maximum absolute atomic E-state index is 13.0. The van der Waals surface area contributed by atoms with Crippen molar-refractivity contribution in [2.45, 2.75) is 22.6 Å². The number of hydrogen-bond donors (Lipinski definition) is 1. The molecule has 1 fully saturated rings. The Hall–Kier alpha value is -2.83. The zero-order valence-corrected chi connectivity index (χ0v) is 18.2. The molecule has 12 heteroatoms. The van der Waals surface area contributed by atoms with E-state index in [0.717, 1.165) is 6.26 Å². The highest BCUT2D eigenvalue weighted by atomic mass is 32.2. The van der Waals surface area contributed by atoms with Crippen molar-refractivity contribution in [2.24, 2.45) is 5.92 Å². The van der Waals surface area contributed by atoms with Crippen LogP contribution in [-0.4, -0.2) is 51.3 Å². The van der Waals surface area contributed by atoms with Gasteiger partial charge in [-0.1, -0.05) is 18.2 Å². The third-order valence-corrected chi connectivity index (χ3v) is 8.26. The van der Waals surface area contributed by atoms with Gasteiger partial charge in [-0.15, -0.1) is 0 Å². The zero-order chi connectivity index (χ0) is 22.8. The van der Waals surface area contributed by atoms with E-state index < -0.39 is 30.7 Å². The van der Waals surface area contributed by atoms with Crippen molar-refractivity contribution in [3.63, 3.8) is 0 Å². The molecule has 1 aliphatic rings. The van der Waals surface area contributed by atoms with Crippen LogP contribution in [0.5, 0.6) is 0 Å². The Kier molecular flexibility index (Phi) is 6.43. The topological polar surface area (TPSA) is 144 Å². The maximum Gasteiger partial charge on any atom is 0.271 e. The van der Waals surface area contributed by atoms with E-state index in [1.807, 2.05) is 0 Å². The lowest BCUT2D eigenvalue weighted by Crippen LogP contribution is -2.41. The molecule has 0 atom stereocenters. The van der Waals surface area contributed by atoms with Crippen molar-refractivity contribution in [1.82, 2.24) is 4.31 Å². The Morgan fingerprint density at radius 1 is 1.03 bits per heavy atom. The summed E-state index contributed by atoms with van der Waals surface area (Å²) in [6, 6.07) is 11.0. The van der Waals surface area contributed by atoms with E-state index >= 15 is 0 Å². The molecular weight excluding hydrogens is 446 g/mol. The van der Waals surface area contributed by atoms with E-state index in [2.05, 4.69) is 5.32 Å². The summed E-state index contributed by atoms with van der Waals surface area (Å²) in [5, 5.41) is 13.5. The number of nitro groups is 1. The molecule has 1 heterocycles. The van der Waals surface area contributed by atoms with Gasteiger partial charge in [-0.2, -0.15) is 4.31 Å². The molecule has 3 rings (SSSR count). The van der Waals surface area contributed by atoms with Crippen LogP contribution in [0, 0.1) is 16.0 Å². The highest BCUT2D eigenvalue weighted by Crippen LogP contribution is 2.28. The lowest BCUT2D eigenvalue weighted by atomic mass is 9.97. The highest BCUT2D eigenvalue weighted by Gasteiger charge is 2.34. The number of anilines is 1. The van der Waals surface area contributed by atoms with Crippen LogP contribution in [0.3, 0.4) is 0 Å². The van der Waals surface area contributed by atoms with Crippen LogP contribution in [0.15, 0.2) is 58.3 Å². The summed E-state index contributed by atoms with van der Waals surface area (Å²) in [6.07, 6.45) is 1.42. The number of amides is 1. The van der Waals surface area contributed by atoms with Gasteiger partial charge >= 0.3 is 0 Å². The molecular formula is C19H21N3O7S2. The third-order valence-electron chi connectivity index (χ3n) is 5.02. The van der Waals surface area contributed by atoms with Crippen LogP contribution < -0.4 is 5.32 Å². The van der Waals surface area contributed by atoms with Gasteiger partial charge in [0.05, 0.1) is 9.82 Å². The number of carbonyl (C=O) groups is 1. The smallest absolute Gasteiger partial charge is 0.271 e. The van der Waals surface area contributed by atoms with Crippen LogP contribution in [0.4, 0.5) is 11.4 Å². The Balaban J connectivity index is 1.70. The van der Waals surface area contributed by atoms with Gasteiger partial charge in [0.2, 0.25) is 15.9 Å². The van der Waals surface area contributed by atoms with E-state index in [4.69, 9.17) is 0 Å². The fourth-order valence-electron chi connectivity index (χ4n) is 3.41. The Morgan fingerprint density at radius 3 is 2.23 bits per heavy atom. The number of carbonyl (C=O) groups excluding carboxylic acids is 1. The second kappa shape index (κ2) is 8.73. The van der Waals surface area contributed by atoms with E-state index in [0.29, 0.717) is 0 Å². The standard InChI is InChI=1S/C19H21N3O7S2/c1-30(26,27)17-7-2-3-8-18(17)31(28,29)21-11-9-14(10-12-21)19(23)20-15-5-4-6-16(13-15)22(24)25/h2-8,13-14H,9-12H2,1H3,(H,20,23). The molecule has 2 aromatic rings. The van der Waals surface area contributed by atoms with Gasteiger partial charge in [0, 0.05) is 43.1 Å². The first-order valence-electron chi connectivity index (χ1n) is 9.34. The molecule has 31 heavy (non-hydrogen) atoms. The van der Waals surface area contributed by atoms with Gasteiger partial charge in [-0.3, -0.25) is 14.9 Å². The average molecular weight is 468 g/mol. The molecule has 2 aromatic carbocycles. The highest BCUT2D eigenvalue weighted by molar-refractivity contribution is 7.93. The largest absolute Gasteiger partial charge is 0.326 e. The predicted octanol–water partition coefficient (Wildman–Crippen LogP) is 2.04. The number of rotatable bonds is 6. The van der Waals surface area contributed by atoms with Crippen molar-refractivity contribution in [2.75, 3.05) is 24.7 Å².